The summed E-state index contributed by atoms with van der Waals surface area (Å²) in [6.45, 7) is 6.55. The highest BCUT2D eigenvalue weighted by Crippen LogP contribution is 2.33. The van der Waals surface area contributed by atoms with E-state index in [4.69, 9.17) is 4.74 Å². The Kier molecular flexibility index (Phi) is 4.58. The monoisotopic (exact) mass is 255 g/mol. The van der Waals surface area contributed by atoms with E-state index in [9.17, 15) is 0 Å². The Bertz CT molecular complexity index is 562. The first-order chi connectivity index (χ1) is 9.27. The third-order valence-electron chi connectivity index (χ3n) is 3.38. The van der Waals surface area contributed by atoms with Gasteiger partial charge in [0.2, 0.25) is 0 Å². The van der Waals surface area contributed by atoms with Crippen LogP contribution in [0.3, 0.4) is 0 Å². The number of nitrogens with one attached hydrogen (secondary N) is 1. The first kappa shape index (κ1) is 13.6. The zero-order chi connectivity index (χ0) is 13.7. The molecule has 2 nitrogen and oxygen atoms in total. The van der Waals surface area contributed by atoms with E-state index < -0.39 is 0 Å². The summed E-state index contributed by atoms with van der Waals surface area (Å²) < 4.78 is 6.00. The van der Waals surface area contributed by atoms with Crippen molar-refractivity contribution in [2.45, 2.75) is 19.4 Å². The number of benzene rings is 2. The van der Waals surface area contributed by atoms with Gasteiger partial charge in [0.1, 0.15) is 5.75 Å². The van der Waals surface area contributed by atoms with Crippen LogP contribution in [0.4, 0.5) is 0 Å². The Balaban J connectivity index is 2.47. The molecule has 0 aromatic heterocycles. The summed E-state index contributed by atoms with van der Waals surface area (Å²) in [5.41, 5.74) is 1.20. The van der Waals surface area contributed by atoms with Crippen molar-refractivity contribution in [3.05, 3.63) is 54.6 Å². The van der Waals surface area contributed by atoms with E-state index in [1.54, 1.807) is 0 Å². The maximum atomic E-state index is 6.00. The topological polar surface area (TPSA) is 21.3 Å². The van der Waals surface area contributed by atoms with Crippen LogP contribution in [0.25, 0.3) is 10.8 Å². The lowest BCUT2D eigenvalue weighted by molar-refractivity contribution is 0.322. The predicted octanol–water partition coefficient (Wildman–Crippen LogP) is 4.08. The molecule has 19 heavy (non-hydrogen) atoms. The first-order valence-electron chi connectivity index (χ1n) is 6.70. The number of ether oxygens (including phenoxy) is 1. The molecule has 0 fully saturated rings. The van der Waals surface area contributed by atoms with Crippen LogP contribution in [-0.2, 0) is 0 Å². The third kappa shape index (κ3) is 2.96. The number of hydrogen-bond acceptors (Lipinski definition) is 2. The summed E-state index contributed by atoms with van der Waals surface area (Å²) in [6.07, 6.45) is 2.74. The van der Waals surface area contributed by atoms with Gasteiger partial charge in [-0.2, -0.15) is 0 Å². The molecule has 0 heterocycles. The molecule has 1 N–H and O–H groups in total. The van der Waals surface area contributed by atoms with Gasteiger partial charge in [-0.1, -0.05) is 42.5 Å². The lowest BCUT2D eigenvalue weighted by Crippen LogP contribution is -2.14. The molecular weight excluding hydrogens is 234 g/mol. The minimum atomic E-state index is 0.267. The van der Waals surface area contributed by atoms with Gasteiger partial charge in [0, 0.05) is 17.0 Å². The maximum Gasteiger partial charge on any atom is 0.131 e. The fraction of sp³-hybridized carbons (Fsp3) is 0.294. The average molecular weight is 255 g/mol. The molecule has 0 saturated heterocycles. The molecule has 2 rings (SSSR count). The standard InChI is InChI=1S/C17H21NO/c1-4-5-12-19-17-15(13(2)18-3)11-10-14-8-6-7-9-16(14)17/h4,6-11,13,18H,1,5,12H2,2-3H3. The SMILES string of the molecule is C=CCCOc1c(C(C)NC)ccc2ccccc12. The Morgan fingerprint density at radius 1 is 1.26 bits per heavy atom. The molecule has 0 radical (unpaired) electrons. The van der Waals surface area contributed by atoms with Crippen molar-refractivity contribution in [2.75, 3.05) is 13.7 Å². The lowest BCUT2D eigenvalue weighted by atomic mass is 10.0. The smallest absolute Gasteiger partial charge is 0.131 e. The molecule has 2 aromatic carbocycles. The fourth-order valence-electron chi connectivity index (χ4n) is 2.16. The van der Waals surface area contributed by atoms with Gasteiger partial charge in [-0.3, -0.25) is 0 Å². The summed E-state index contributed by atoms with van der Waals surface area (Å²) in [5.74, 6) is 0.988. The van der Waals surface area contributed by atoms with E-state index in [1.165, 1.54) is 16.3 Å². The molecule has 2 aromatic rings. The molecule has 0 spiro atoms. The van der Waals surface area contributed by atoms with E-state index in [0.29, 0.717) is 6.61 Å². The second-order valence-corrected chi connectivity index (χ2v) is 4.64. The number of rotatable bonds is 6. The first-order valence-corrected chi connectivity index (χ1v) is 6.70. The van der Waals surface area contributed by atoms with Crippen molar-refractivity contribution < 1.29 is 4.74 Å². The largest absolute Gasteiger partial charge is 0.492 e. The van der Waals surface area contributed by atoms with Gasteiger partial charge in [0.25, 0.3) is 0 Å². The summed E-state index contributed by atoms with van der Waals surface area (Å²) >= 11 is 0. The van der Waals surface area contributed by atoms with E-state index in [2.05, 4.69) is 55.2 Å². The van der Waals surface area contributed by atoms with Gasteiger partial charge in [0.05, 0.1) is 6.61 Å². The molecule has 0 aliphatic rings. The van der Waals surface area contributed by atoms with Crippen LogP contribution < -0.4 is 10.1 Å². The molecule has 0 bridgehead atoms. The highest BCUT2D eigenvalue weighted by molar-refractivity contribution is 5.89. The highest BCUT2D eigenvalue weighted by Gasteiger charge is 2.13. The van der Waals surface area contributed by atoms with Crippen LogP contribution in [0.2, 0.25) is 0 Å². The molecule has 0 aliphatic heterocycles. The van der Waals surface area contributed by atoms with Crippen LogP contribution in [-0.4, -0.2) is 13.7 Å². The van der Waals surface area contributed by atoms with Crippen molar-refractivity contribution >= 4 is 10.8 Å². The summed E-state index contributed by atoms with van der Waals surface area (Å²) in [7, 11) is 1.97. The minimum Gasteiger partial charge on any atom is -0.492 e. The summed E-state index contributed by atoms with van der Waals surface area (Å²) in [6, 6.07) is 12.9. The van der Waals surface area contributed by atoms with Gasteiger partial charge in [0.15, 0.2) is 0 Å². The van der Waals surface area contributed by atoms with Crippen LogP contribution in [0.5, 0.6) is 5.75 Å². The molecule has 100 valence electrons. The quantitative estimate of drug-likeness (QED) is 0.620. The number of fused-ring (bicyclic) bond motifs is 1. The highest BCUT2D eigenvalue weighted by atomic mass is 16.5. The Morgan fingerprint density at radius 3 is 2.79 bits per heavy atom. The van der Waals surface area contributed by atoms with Gasteiger partial charge in [-0.15, -0.1) is 6.58 Å². The Hall–Kier alpha value is -1.80. The van der Waals surface area contributed by atoms with Crippen molar-refractivity contribution in [2.24, 2.45) is 0 Å². The average Bonchev–Trinajstić information content (AvgIpc) is 2.46. The maximum absolute atomic E-state index is 6.00. The second-order valence-electron chi connectivity index (χ2n) is 4.64. The van der Waals surface area contributed by atoms with E-state index >= 15 is 0 Å². The molecule has 2 heteroatoms. The van der Waals surface area contributed by atoms with Crippen LogP contribution in [0.1, 0.15) is 24.9 Å². The molecule has 0 saturated carbocycles. The van der Waals surface area contributed by atoms with Gasteiger partial charge in [-0.25, -0.2) is 0 Å². The Labute approximate surface area is 115 Å². The normalized spacial score (nSPS) is 12.3. The van der Waals surface area contributed by atoms with E-state index in [1.807, 2.05) is 13.1 Å². The van der Waals surface area contributed by atoms with Gasteiger partial charge >= 0.3 is 0 Å². The molecule has 1 unspecified atom stereocenters. The molecule has 1 atom stereocenters. The van der Waals surface area contributed by atoms with E-state index in [0.717, 1.165) is 12.2 Å². The fourth-order valence-corrected chi connectivity index (χ4v) is 2.16. The second kappa shape index (κ2) is 6.39. The van der Waals surface area contributed by atoms with E-state index in [-0.39, 0.29) is 6.04 Å². The lowest BCUT2D eigenvalue weighted by Gasteiger charge is -2.18. The Morgan fingerprint density at radius 2 is 2.05 bits per heavy atom. The predicted molar refractivity (Wildman–Crippen MR) is 81.7 cm³/mol. The molecule has 0 amide bonds. The third-order valence-corrected chi connectivity index (χ3v) is 3.38. The molecular formula is C17H21NO. The van der Waals surface area contributed by atoms with Crippen LogP contribution in [0, 0.1) is 0 Å². The van der Waals surface area contributed by atoms with Crippen molar-refractivity contribution in [1.29, 1.82) is 0 Å². The summed E-state index contributed by atoms with van der Waals surface area (Å²) in [5, 5.41) is 5.66. The summed E-state index contributed by atoms with van der Waals surface area (Å²) in [4.78, 5) is 0. The van der Waals surface area contributed by atoms with Gasteiger partial charge < -0.3 is 10.1 Å². The minimum absolute atomic E-state index is 0.267. The number of hydrogen-bond donors (Lipinski definition) is 1. The van der Waals surface area contributed by atoms with Gasteiger partial charge in [-0.05, 0) is 25.8 Å². The zero-order valence-corrected chi connectivity index (χ0v) is 11.6. The van der Waals surface area contributed by atoms with Crippen molar-refractivity contribution in [3.8, 4) is 5.75 Å². The van der Waals surface area contributed by atoms with Crippen LogP contribution in [0.15, 0.2) is 49.1 Å². The van der Waals surface area contributed by atoms with Crippen molar-refractivity contribution in [3.63, 3.8) is 0 Å². The van der Waals surface area contributed by atoms with Crippen LogP contribution >= 0.6 is 0 Å². The molecule has 0 aliphatic carbocycles. The zero-order valence-electron chi connectivity index (χ0n) is 11.6. The van der Waals surface area contributed by atoms with Crippen molar-refractivity contribution in [1.82, 2.24) is 5.32 Å².